The molecule has 9 nitrogen and oxygen atoms in total. The van der Waals surface area contributed by atoms with Crippen molar-refractivity contribution in [2.24, 2.45) is 0 Å². The summed E-state index contributed by atoms with van der Waals surface area (Å²) in [6.07, 6.45) is 3.19. The highest BCUT2D eigenvalue weighted by molar-refractivity contribution is 7.23. The lowest BCUT2D eigenvalue weighted by atomic mass is 9.95. The first kappa shape index (κ1) is 29.8. The lowest BCUT2D eigenvalue weighted by molar-refractivity contribution is 0.107. The third-order valence-electron chi connectivity index (χ3n) is 10.1. The smallest absolute Gasteiger partial charge is 0.319 e. The fourth-order valence-electron chi connectivity index (χ4n) is 8.08. The maximum Gasteiger partial charge on any atom is 0.319 e. The van der Waals surface area contributed by atoms with Crippen molar-refractivity contribution in [3.05, 3.63) is 34.4 Å². The molecule has 4 fully saturated rings. The number of nitrogen functional groups attached to an aromatic ring is 1. The third kappa shape index (κ3) is 4.48. The van der Waals surface area contributed by atoms with Crippen LogP contribution in [0.4, 0.5) is 24.0 Å². The van der Waals surface area contributed by atoms with E-state index in [0.29, 0.717) is 31.9 Å². The molecule has 2 bridgehead atoms. The Morgan fingerprint density at radius 2 is 1.98 bits per heavy atom. The highest BCUT2D eigenvalue weighted by atomic mass is 35.5. The molecule has 240 valence electrons. The number of alkyl halides is 1. The molecule has 14 heteroatoms. The Morgan fingerprint density at radius 3 is 2.72 bits per heavy atom. The Labute approximate surface area is 272 Å². The number of hydrogen-bond acceptors (Lipinski definition) is 10. The number of ether oxygens (including phenoxy) is 2. The Hall–Kier alpha value is -3.57. The summed E-state index contributed by atoms with van der Waals surface area (Å²) >= 11 is 7.90. The van der Waals surface area contributed by atoms with Crippen LogP contribution in [0.5, 0.6) is 11.8 Å². The van der Waals surface area contributed by atoms with Crippen molar-refractivity contribution in [2.45, 2.75) is 55.9 Å². The van der Waals surface area contributed by atoms with Crippen LogP contribution in [-0.4, -0.2) is 78.6 Å². The van der Waals surface area contributed by atoms with Gasteiger partial charge in [-0.1, -0.05) is 17.7 Å². The summed E-state index contributed by atoms with van der Waals surface area (Å²) in [5.74, 6) is -0.798. The van der Waals surface area contributed by atoms with Gasteiger partial charge in [-0.25, -0.2) is 13.2 Å². The zero-order valence-electron chi connectivity index (χ0n) is 25.0. The average Bonchev–Trinajstić information content (AvgIpc) is 3.77. The zero-order chi connectivity index (χ0) is 31.9. The molecule has 0 aliphatic carbocycles. The summed E-state index contributed by atoms with van der Waals surface area (Å²) in [7, 11) is 1.43. The van der Waals surface area contributed by atoms with Gasteiger partial charge in [0.15, 0.2) is 11.6 Å². The topological polar surface area (TPSA) is 113 Å². The Bertz CT molecular complexity index is 1940. The minimum Gasteiger partial charge on any atom is -0.494 e. The van der Waals surface area contributed by atoms with Crippen molar-refractivity contribution in [3.63, 3.8) is 0 Å². The van der Waals surface area contributed by atoms with Crippen LogP contribution in [0.1, 0.15) is 37.7 Å². The monoisotopic (exact) mass is 669 g/mol. The second-order valence-corrected chi connectivity index (χ2v) is 14.2. The Morgan fingerprint density at radius 1 is 1.20 bits per heavy atom. The molecule has 4 aromatic rings. The van der Waals surface area contributed by atoms with Gasteiger partial charge in [0.1, 0.15) is 41.0 Å². The average molecular weight is 670 g/mol. The molecule has 0 radical (unpaired) electrons. The summed E-state index contributed by atoms with van der Waals surface area (Å²) in [4.78, 5) is 13.7. The van der Waals surface area contributed by atoms with E-state index >= 15 is 4.39 Å². The highest BCUT2D eigenvalue weighted by Crippen LogP contribution is 2.50. The first-order chi connectivity index (χ1) is 22.2. The molecule has 4 saturated heterocycles. The molecule has 2 unspecified atom stereocenters. The van der Waals surface area contributed by atoms with Gasteiger partial charge in [0.05, 0.1) is 33.3 Å². The van der Waals surface area contributed by atoms with Crippen LogP contribution in [0.25, 0.3) is 32.1 Å². The van der Waals surface area contributed by atoms with E-state index in [1.807, 2.05) is 6.07 Å². The number of fused-ring (bicyclic) bond motifs is 5. The SMILES string of the molecule is COc1c(Cl)c(-c2ccc(F)c3sc(N)c(C#N)c23)c(F)c2nc(OC[C@@]34CCCN3C[C@H](F)C4)nc(N3CC4CCC(C3)N4)c12. The van der Waals surface area contributed by atoms with Gasteiger partial charge >= 0.3 is 6.01 Å². The van der Waals surface area contributed by atoms with Gasteiger partial charge in [-0.3, -0.25) is 4.90 Å². The molecule has 0 amide bonds. The molecule has 4 aliphatic rings. The van der Waals surface area contributed by atoms with E-state index < -0.39 is 23.3 Å². The Balaban J connectivity index is 1.34. The second kappa shape index (κ2) is 11.0. The third-order valence-corrected chi connectivity index (χ3v) is 11.5. The van der Waals surface area contributed by atoms with Crippen LogP contribution in [0, 0.1) is 23.0 Å². The number of methoxy groups -OCH3 is 1. The number of piperazine rings is 1. The van der Waals surface area contributed by atoms with Crippen molar-refractivity contribution in [1.29, 1.82) is 5.26 Å². The molecule has 4 aliphatic heterocycles. The molecule has 6 heterocycles. The number of nitrogens with one attached hydrogen (secondary N) is 1. The van der Waals surface area contributed by atoms with E-state index in [1.165, 1.54) is 19.2 Å². The number of nitrogens with zero attached hydrogens (tertiary/aromatic N) is 5. The molecule has 0 spiro atoms. The van der Waals surface area contributed by atoms with Crippen molar-refractivity contribution >= 4 is 54.7 Å². The minimum absolute atomic E-state index is 0.0344. The molecule has 0 saturated carbocycles. The van der Waals surface area contributed by atoms with E-state index in [0.717, 1.165) is 43.6 Å². The largest absolute Gasteiger partial charge is 0.494 e. The molecule has 46 heavy (non-hydrogen) atoms. The van der Waals surface area contributed by atoms with Crippen molar-refractivity contribution in [3.8, 4) is 29.0 Å². The van der Waals surface area contributed by atoms with Gasteiger partial charge in [-0.05, 0) is 43.9 Å². The fraction of sp³-hybridized carbons (Fsp3) is 0.469. The number of anilines is 2. The van der Waals surface area contributed by atoms with E-state index in [1.54, 1.807) is 0 Å². The van der Waals surface area contributed by atoms with Gasteiger partial charge in [-0.2, -0.15) is 15.2 Å². The molecular weight excluding hydrogens is 639 g/mol. The van der Waals surface area contributed by atoms with Gasteiger partial charge in [-0.15, -0.1) is 11.3 Å². The predicted molar refractivity (Wildman–Crippen MR) is 172 cm³/mol. The van der Waals surface area contributed by atoms with E-state index in [4.69, 9.17) is 31.8 Å². The van der Waals surface area contributed by atoms with Gasteiger partial charge in [0.2, 0.25) is 0 Å². The first-order valence-corrected chi connectivity index (χ1v) is 16.6. The van der Waals surface area contributed by atoms with Crippen LogP contribution in [0.2, 0.25) is 5.02 Å². The Kier molecular flexibility index (Phi) is 7.13. The summed E-state index contributed by atoms with van der Waals surface area (Å²) in [6, 6.07) is 5.06. The van der Waals surface area contributed by atoms with Crippen LogP contribution in [0.3, 0.4) is 0 Å². The van der Waals surface area contributed by atoms with Gasteiger partial charge in [0, 0.05) is 49.1 Å². The molecule has 3 N–H and O–H groups in total. The van der Waals surface area contributed by atoms with Crippen molar-refractivity contribution < 1.29 is 22.6 Å². The zero-order valence-corrected chi connectivity index (χ0v) is 26.6. The summed E-state index contributed by atoms with van der Waals surface area (Å²) < 4.78 is 58.8. The molecule has 2 aromatic heterocycles. The van der Waals surface area contributed by atoms with Crippen LogP contribution in [0.15, 0.2) is 12.1 Å². The summed E-state index contributed by atoms with van der Waals surface area (Å²) in [5.41, 5.74) is 5.67. The lowest BCUT2D eigenvalue weighted by Gasteiger charge is -2.35. The number of thiophene rings is 1. The quantitative estimate of drug-likeness (QED) is 0.263. The fourth-order valence-corrected chi connectivity index (χ4v) is 9.39. The van der Waals surface area contributed by atoms with Gasteiger partial charge in [0.25, 0.3) is 0 Å². The molecule has 2 aromatic carbocycles. The predicted octanol–water partition coefficient (Wildman–Crippen LogP) is 5.80. The minimum atomic E-state index is -0.934. The molecule has 4 atom stereocenters. The standard InChI is InChI=1S/C32H31ClF3N7O2S/c1-44-27-23-26(25(36)22(24(27)33)18-5-6-20(35)28-21(18)19(10-37)29(38)46-28)40-31(41-30(23)42-12-16-3-4-17(13-42)39-16)45-14-32-7-2-8-43(32)11-15(34)9-32/h5-6,15-17,39H,2-4,7-9,11-14,38H2,1H3/t15-,16?,17?,32+/m1/s1. The van der Waals surface area contributed by atoms with Crippen LogP contribution >= 0.6 is 22.9 Å². The normalized spacial score (nSPS) is 25.8. The second-order valence-electron chi connectivity index (χ2n) is 12.7. The van der Waals surface area contributed by atoms with E-state index in [9.17, 15) is 14.0 Å². The summed E-state index contributed by atoms with van der Waals surface area (Å²) in [6.45, 7) is 2.60. The maximum absolute atomic E-state index is 17.1. The first-order valence-electron chi connectivity index (χ1n) is 15.4. The maximum atomic E-state index is 17.1. The number of hydrogen-bond donors (Lipinski definition) is 2. The highest BCUT2D eigenvalue weighted by Gasteiger charge is 2.49. The van der Waals surface area contributed by atoms with Crippen molar-refractivity contribution in [1.82, 2.24) is 20.2 Å². The number of rotatable bonds is 6. The lowest BCUT2D eigenvalue weighted by Crippen LogP contribution is -2.51. The van der Waals surface area contributed by atoms with E-state index in [2.05, 4.69) is 20.1 Å². The number of halogens is 4. The van der Waals surface area contributed by atoms with Crippen molar-refractivity contribution in [2.75, 3.05) is 50.5 Å². The summed E-state index contributed by atoms with van der Waals surface area (Å²) in [5, 5.41) is 14.0. The number of nitrogens with two attached hydrogens (primary N) is 1. The van der Waals surface area contributed by atoms with Gasteiger partial charge < -0.3 is 25.4 Å². The molecular formula is C32H31ClF3N7O2S. The number of nitriles is 1. The number of benzene rings is 2. The molecule has 8 rings (SSSR count). The van der Waals surface area contributed by atoms with Crippen LogP contribution in [-0.2, 0) is 0 Å². The van der Waals surface area contributed by atoms with E-state index in [-0.39, 0.29) is 78.2 Å². The number of aromatic nitrogens is 2. The van der Waals surface area contributed by atoms with Crippen LogP contribution < -0.4 is 25.4 Å².